The van der Waals surface area contributed by atoms with Gasteiger partial charge in [0.1, 0.15) is 42.3 Å². The molecule has 0 aromatic carbocycles. The van der Waals surface area contributed by atoms with Gasteiger partial charge >= 0.3 is 5.97 Å². The summed E-state index contributed by atoms with van der Waals surface area (Å²) in [5, 5.41) is 52.0. The molecule has 0 spiro atoms. The van der Waals surface area contributed by atoms with E-state index < -0.39 is 134 Å². The lowest BCUT2D eigenvalue weighted by atomic mass is 10.0. The number of nitrogens with one attached hydrogen (secondary N) is 6. The summed E-state index contributed by atoms with van der Waals surface area (Å²) in [7, 11) is 0. The Labute approximate surface area is 316 Å². The fourth-order valence-corrected chi connectivity index (χ4v) is 4.77. The Balaban J connectivity index is 6.14. The van der Waals surface area contributed by atoms with Crippen molar-refractivity contribution in [3.05, 3.63) is 0 Å². The normalized spacial score (nSPS) is 15.3. The lowest BCUT2D eigenvalue weighted by Crippen LogP contribution is -2.61. The summed E-state index contributed by atoms with van der Waals surface area (Å²) in [6.07, 6.45) is -1.74. The first-order valence-corrected chi connectivity index (χ1v) is 17.5. The number of hydrogen-bond donors (Lipinski definition) is 15. The molecule has 0 fully saturated rings. The van der Waals surface area contributed by atoms with Crippen molar-refractivity contribution in [1.82, 2.24) is 31.9 Å². The van der Waals surface area contributed by atoms with Gasteiger partial charge in [-0.15, -0.1) is 0 Å². The van der Waals surface area contributed by atoms with E-state index in [4.69, 9.17) is 33.8 Å². The number of aliphatic carboxylic acids is 1. The van der Waals surface area contributed by atoms with E-state index >= 15 is 0 Å². The van der Waals surface area contributed by atoms with E-state index in [1.54, 1.807) is 0 Å². The topological polar surface area (TPSA) is 437 Å². The van der Waals surface area contributed by atoms with Gasteiger partial charge in [-0.25, -0.2) is 4.79 Å². The third-order valence-electron chi connectivity index (χ3n) is 7.90. The molecule has 0 radical (unpaired) electrons. The van der Waals surface area contributed by atoms with Crippen molar-refractivity contribution in [3.8, 4) is 0 Å². The fourth-order valence-electron chi connectivity index (χ4n) is 4.77. The van der Waals surface area contributed by atoms with Crippen LogP contribution in [-0.2, 0) is 43.2 Å². The molecule has 8 atom stereocenters. The molecule has 8 amide bonds. The molecule has 20 N–H and O–H groups in total. The molecule has 0 saturated carbocycles. The minimum Gasteiger partial charge on any atom is -0.480 e. The van der Waals surface area contributed by atoms with E-state index in [-0.39, 0.29) is 19.4 Å². The molecule has 55 heavy (non-hydrogen) atoms. The first-order valence-electron chi connectivity index (χ1n) is 17.5. The maximum Gasteiger partial charge on any atom is 0.326 e. The van der Waals surface area contributed by atoms with Gasteiger partial charge in [-0.3, -0.25) is 38.4 Å². The zero-order valence-corrected chi connectivity index (χ0v) is 30.7. The van der Waals surface area contributed by atoms with E-state index in [9.17, 15) is 58.5 Å². The average molecular weight is 792 g/mol. The van der Waals surface area contributed by atoms with Crippen molar-refractivity contribution < 1.29 is 63.6 Å². The van der Waals surface area contributed by atoms with Crippen LogP contribution in [0.15, 0.2) is 0 Å². The van der Waals surface area contributed by atoms with Crippen LogP contribution in [0.5, 0.6) is 0 Å². The molecule has 0 saturated heterocycles. The van der Waals surface area contributed by atoms with Crippen LogP contribution in [0.25, 0.3) is 0 Å². The fraction of sp³-hybridized carbons (Fsp3) is 0.710. The van der Waals surface area contributed by atoms with Crippen molar-refractivity contribution in [2.24, 2.45) is 28.7 Å². The molecule has 0 unspecified atom stereocenters. The van der Waals surface area contributed by atoms with Crippen LogP contribution in [0.2, 0.25) is 0 Å². The van der Waals surface area contributed by atoms with Crippen molar-refractivity contribution in [3.63, 3.8) is 0 Å². The van der Waals surface area contributed by atoms with Crippen LogP contribution in [0.3, 0.4) is 0 Å². The molecular formula is C31H57N11O13. The second-order valence-electron chi connectivity index (χ2n) is 12.6. The Hall–Kier alpha value is -5.01. The molecule has 0 aliphatic rings. The van der Waals surface area contributed by atoms with Crippen molar-refractivity contribution in [2.75, 3.05) is 26.3 Å². The first-order chi connectivity index (χ1) is 25.8. The van der Waals surface area contributed by atoms with Crippen LogP contribution < -0.4 is 60.6 Å². The summed E-state index contributed by atoms with van der Waals surface area (Å²) in [6.45, 7) is -0.270. The highest BCUT2D eigenvalue weighted by molar-refractivity contribution is 5.98. The van der Waals surface area contributed by atoms with Gasteiger partial charge in [0.15, 0.2) is 0 Å². The molecule has 0 bridgehead atoms. The number of carbonyl (C=O) groups excluding carboxylic acids is 8. The zero-order valence-electron chi connectivity index (χ0n) is 30.7. The minimum atomic E-state index is -1.87. The summed E-state index contributed by atoms with van der Waals surface area (Å²) in [5.41, 5.74) is 26.9. The van der Waals surface area contributed by atoms with E-state index in [2.05, 4.69) is 31.9 Å². The Morgan fingerprint density at radius 3 is 1.44 bits per heavy atom. The maximum atomic E-state index is 13.4. The molecular weight excluding hydrogens is 734 g/mol. The lowest BCUT2D eigenvalue weighted by Gasteiger charge is -2.27. The van der Waals surface area contributed by atoms with Crippen molar-refractivity contribution in [1.29, 1.82) is 0 Å². The third-order valence-corrected chi connectivity index (χ3v) is 7.90. The van der Waals surface area contributed by atoms with E-state index in [1.165, 1.54) is 0 Å². The number of rotatable bonds is 29. The van der Waals surface area contributed by atoms with Gasteiger partial charge in [0.25, 0.3) is 0 Å². The quantitative estimate of drug-likeness (QED) is 0.0313. The number of nitrogens with two attached hydrogens (primary N) is 5. The molecule has 314 valence electrons. The molecule has 0 aliphatic carbocycles. The maximum absolute atomic E-state index is 13.4. The zero-order chi connectivity index (χ0) is 42.2. The van der Waals surface area contributed by atoms with E-state index in [0.717, 1.165) is 6.92 Å². The summed E-state index contributed by atoms with van der Waals surface area (Å²) >= 11 is 0. The van der Waals surface area contributed by atoms with Crippen LogP contribution >= 0.6 is 0 Å². The number of unbranched alkanes of at least 4 members (excludes halogenated alkanes) is 2. The van der Waals surface area contributed by atoms with Gasteiger partial charge in [0, 0.05) is 6.42 Å². The Morgan fingerprint density at radius 1 is 0.545 bits per heavy atom. The highest BCUT2D eigenvalue weighted by Gasteiger charge is 2.35. The number of carbonyl (C=O) groups is 9. The monoisotopic (exact) mass is 791 g/mol. The van der Waals surface area contributed by atoms with Gasteiger partial charge in [-0.1, -0.05) is 0 Å². The Morgan fingerprint density at radius 2 is 0.982 bits per heavy atom. The van der Waals surface area contributed by atoms with Gasteiger partial charge < -0.3 is 81.0 Å². The summed E-state index contributed by atoms with van der Waals surface area (Å²) in [6, 6.07) is -11.2. The molecule has 0 heterocycles. The summed E-state index contributed by atoms with van der Waals surface area (Å²) in [4.78, 5) is 113. The third kappa shape index (κ3) is 19.8. The number of aliphatic hydroxyl groups excluding tert-OH is 3. The molecule has 0 aromatic heterocycles. The van der Waals surface area contributed by atoms with Crippen LogP contribution in [0.4, 0.5) is 0 Å². The molecule has 0 aromatic rings. The molecule has 0 aliphatic heterocycles. The van der Waals surface area contributed by atoms with E-state index in [1.807, 2.05) is 0 Å². The van der Waals surface area contributed by atoms with Crippen LogP contribution in [0.1, 0.15) is 64.7 Å². The largest absolute Gasteiger partial charge is 0.480 e. The Bertz CT molecular complexity index is 1320. The molecule has 24 nitrogen and oxygen atoms in total. The van der Waals surface area contributed by atoms with E-state index in [0.29, 0.717) is 32.2 Å². The van der Waals surface area contributed by atoms with Gasteiger partial charge in [0.2, 0.25) is 47.3 Å². The predicted molar refractivity (Wildman–Crippen MR) is 191 cm³/mol. The summed E-state index contributed by atoms with van der Waals surface area (Å²) < 4.78 is 0. The molecule has 24 heteroatoms. The SMILES string of the molecule is C[C@@H](O)[C@H](NC(=O)[C@@H](N)CO)C(=O)N[C@@H](CCC(N)=O)C(=O)N[C@@H](CO)C(=O)N[C@@H](CC(N)=O)C(=O)N[C@@H](CCCCN)C(=O)N[C@@H](CCCCN)C(=O)O. The number of carboxylic acid groups (broad SMARTS) is 1. The second-order valence-corrected chi connectivity index (χ2v) is 12.6. The lowest BCUT2D eigenvalue weighted by molar-refractivity contribution is -0.142. The minimum absolute atomic E-state index is 0.0251. The number of primary amides is 2. The predicted octanol–water partition coefficient (Wildman–Crippen LogP) is -7.93. The van der Waals surface area contributed by atoms with Gasteiger partial charge in [-0.05, 0) is 65.0 Å². The van der Waals surface area contributed by atoms with Crippen LogP contribution in [-0.4, -0.2) is 148 Å². The van der Waals surface area contributed by atoms with Gasteiger partial charge in [0.05, 0.1) is 25.7 Å². The van der Waals surface area contributed by atoms with Crippen molar-refractivity contribution in [2.45, 2.75) is 113 Å². The smallest absolute Gasteiger partial charge is 0.326 e. The van der Waals surface area contributed by atoms with Crippen molar-refractivity contribution >= 4 is 53.2 Å². The standard InChI is InChI=1S/C31H57N11O13/c1-15(45)24(42-25(48)16(34)13-43)30(53)38-18(8-9-22(35)46)27(50)41-21(14-44)29(52)40-20(12-23(36)47)28(51)37-17(6-2-4-10-32)26(49)39-19(31(54)55)7-3-5-11-33/h15-21,24,43-45H,2-14,32-34H2,1H3,(H2,35,46)(H2,36,47)(H,37,51)(H,38,53)(H,39,49)(H,40,52)(H,41,50)(H,42,48)(H,54,55)/t15-,16+,17+,18+,19+,20+,21+,24+/m1/s1. The Kier molecular flexibility index (Phi) is 24.3. The number of amides is 8. The first kappa shape index (κ1) is 50.0. The average Bonchev–Trinajstić information content (AvgIpc) is 3.11. The highest BCUT2D eigenvalue weighted by Crippen LogP contribution is 2.07. The van der Waals surface area contributed by atoms with Gasteiger partial charge in [-0.2, -0.15) is 0 Å². The number of hydrogen-bond acceptors (Lipinski definition) is 15. The number of aliphatic hydroxyl groups is 3. The second kappa shape index (κ2) is 26.7. The van der Waals surface area contributed by atoms with Crippen LogP contribution in [0, 0.1) is 0 Å². The number of carboxylic acids is 1. The summed E-state index contributed by atoms with van der Waals surface area (Å²) in [5.74, 6) is -9.94. The molecule has 0 rings (SSSR count). The highest BCUT2D eigenvalue weighted by atomic mass is 16.4.